The topological polar surface area (TPSA) is 95.9 Å². The fourth-order valence-electron chi connectivity index (χ4n) is 1.76. The van der Waals surface area contributed by atoms with E-state index in [9.17, 15) is 14.7 Å². The van der Waals surface area contributed by atoms with E-state index in [1.165, 1.54) is 6.08 Å². The molecule has 15 heavy (non-hydrogen) atoms. The summed E-state index contributed by atoms with van der Waals surface area (Å²) in [6, 6.07) is 0. The summed E-state index contributed by atoms with van der Waals surface area (Å²) < 4.78 is 5.24. The van der Waals surface area contributed by atoms with Gasteiger partial charge in [-0.15, -0.1) is 0 Å². The van der Waals surface area contributed by atoms with Gasteiger partial charge < -0.3 is 14.9 Å². The van der Waals surface area contributed by atoms with Crippen LogP contribution < -0.4 is 5.32 Å². The van der Waals surface area contributed by atoms with Crippen molar-refractivity contribution in [1.82, 2.24) is 5.32 Å². The number of ether oxygens (including phenoxy) is 1. The van der Waals surface area contributed by atoms with Gasteiger partial charge in [0.15, 0.2) is 0 Å². The third-order valence-corrected chi connectivity index (χ3v) is 2.54. The van der Waals surface area contributed by atoms with E-state index in [1.807, 2.05) is 0 Å². The summed E-state index contributed by atoms with van der Waals surface area (Å²) >= 11 is 0. The zero-order valence-corrected chi connectivity index (χ0v) is 7.84. The minimum absolute atomic E-state index is 0.218. The number of rotatable bonds is 2. The predicted molar refractivity (Wildman–Crippen MR) is 47.6 cm³/mol. The Balaban J connectivity index is 2.11. The average molecular weight is 213 g/mol. The summed E-state index contributed by atoms with van der Waals surface area (Å²) in [6.07, 6.45) is -0.704. The number of nitrogens with one attached hydrogen (secondary N) is 1. The average Bonchev–Trinajstić information content (AvgIpc) is 2.69. The van der Waals surface area contributed by atoms with Gasteiger partial charge in [-0.3, -0.25) is 14.9 Å². The molecule has 0 aliphatic carbocycles. The molecule has 0 bridgehead atoms. The molecule has 2 amide bonds. The number of carbonyl (C=O) groups is 2. The van der Waals surface area contributed by atoms with Crippen LogP contribution >= 0.6 is 0 Å². The van der Waals surface area contributed by atoms with Crippen molar-refractivity contribution in [2.75, 3.05) is 6.61 Å². The lowest BCUT2D eigenvalue weighted by atomic mass is 10.1. The highest BCUT2D eigenvalue weighted by molar-refractivity contribution is 6.16. The maximum atomic E-state index is 11.2. The SMILES string of the molecule is O=C1C=C(C2C[C@H](O)[C@@H](CO)O2)C(=O)N1. The van der Waals surface area contributed by atoms with Gasteiger partial charge in [0.05, 0.1) is 24.4 Å². The Hall–Kier alpha value is -1.24. The Labute approximate surface area is 85.5 Å². The zero-order chi connectivity index (χ0) is 11.0. The third kappa shape index (κ3) is 1.79. The molecule has 2 rings (SSSR count). The number of hydrogen-bond donors (Lipinski definition) is 3. The van der Waals surface area contributed by atoms with Crippen LogP contribution in [0.2, 0.25) is 0 Å². The van der Waals surface area contributed by atoms with Gasteiger partial charge in [-0.2, -0.15) is 0 Å². The first kappa shape index (κ1) is 10.3. The molecule has 0 saturated carbocycles. The normalized spacial score (nSPS) is 35.6. The molecule has 6 heteroatoms. The molecule has 0 aromatic carbocycles. The fraction of sp³-hybridized carbons (Fsp3) is 0.556. The van der Waals surface area contributed by atoms with Crippen molar-refractivity contribution in [2.24, 2.45) is 0 Å². The van der Waals surface area contributed by atoms with Crippen LogP contribution in [-0.2, 0) is 14.3 Å². The second-order valence-electron chi connectivity index (χ2n) is 3.57. The fourth-order valence-corrected chi connectivity index (χ4v) is 1.76. The molecule has 1 fully saturated rings. The standard InChI is InChI=1S/C9H11NO5/c11-3-7-5(12)2-6(15-7)4-1-8(13)10-9(4)14/h1,5-7,11-12H,2-3H2,(H,10,13,14)/t5-,6?,7+/m0/s1. The molecule has 82 valence electrons. The number of amides is 2. The maximum absolute atomic E-state index is 11.2. The molecule has 1 unspecified atom stereocenters. The zero-order valence-electron chi connectivity index (χ0n) is 7.84. The lowest BCUT2D eigenvalue weighted by Gasteiger charge is -2.11. The van der Waals surface area contributed by atoms with Gasteiger partial charge in [-0.05, 0) is 0 Å². The number of aliphatic hydroxyl groups is 2. The Morgan fingerprint density at radius 2 is 2.27 bits per heavy atom. The van der Waals surface area contributed by atoms with Gasteiger partial charge in [0, 0.05) is 12.5 Å². The summed E-state index contributed by atoms with van der Waals surface area (Å²) in [5.74, 6) is -0.962. The second-order valence-corrected chi connectivity index (χ2v) is 3.57. The third-order valence-electron chi connectivity index (χ3n) is 2.54. The van der Waals surface area contributed by atoms with Gasteiger partial charge in [-0.1, -0.05) is 0 Å². The Morgan fingerprint density at radius 1 is 1.53 bits per heavy atom. The van der Waals surface area contributed by atoms with Crippen LogP contribution in [0.25, 0.3) is 0 Å². The van der Waals surface area contributed by atoms with Crippen molar-refractivity contribution >= 4 is 11.8 Å². The van der Waals surface area contributed by atoms with Crippen LogP contribution in [0.15, 0.2) is 11.6 Å². The smallest absolute Gasteiger partial charge is 0.256 e. The van der Waals surface area contributed by atoms with Crippen molar-refractivity contribution in [3.63, 3.8) is 0 Å². The first-order valence-corrected chi connectivity index (χ1v) is 4.63. The van der Waals surface area contributed by atoms with E-state index in [-0.39, 0.29) is 18.6 Å². The van der Waals surface area contributed by atoms with Crippen LogP contribution in [-0.4, -0.2) is 46.9 Å². The lowest BCUT2D eigenvalue weighted by Crippen LogP contribution is -2.27. The van der Waals surface area contributed by atoms with Crippen molar-refractivity contribution in [3.05, 3.63) is 11.6 Å². The van der Waals surface area contributed by atoms with E-state index in [2.05, 4.69) is 5.32 Å². The first-order valence-electron chi connectivity index (χ1n) is 4.63. The second kappa shape index (κ2) is 3.73. The highest BCUT2D eigenvalue weighted by Gasteiger charge is 2.39. The minimum Gasteiger partial charge on any atom is -0.394 e. The van der Waals surface area contributed by atoms with Gasteiger partial charge >= 0.3 is 0 Å². The Morgan fingerprint density at radius 3 is 2.73 bits per heavy atom. The monoisotopic (exact) mass is 213 g/mol. The van der Waals surface area contributed by atoms with Crippen LogP contribution in [0.5, 0.6) is 0 Å². The molecule has 0 radical (unpaired) electrons. The van der Waals surface area contributed by atoms with Crippen molar-refractivity contribution in [1.29, 1.82) is 0 Å². The highest BCUT2D eigenvalue weighted by Crippen LogP contribution is 2.26. The molecule has 2 aliphatic rings. The van der Waals surface area contributed by atoms with Gasteiger partial charge in [-0.25, -0.2) is 0 Å². The van der Waals surface area contributed by atoms with Crippen LogP contribution in [0.3, 0.4) is 0 Å². The Kier molecular flexibility index (Phi) is 2.56. The molecular formula is C9H11NO5. The van der Waals surface area contributed by atoms with E-state index in [4.69, 9.17) is 9.84 Å². The summed E-state index contributed by atoms with van der Waals surface area (Å²) in [5.41, 5.74) is 0.218. The summed E-state index contributed by atoms with van der Waals surface area (Å²) in [7, 11) is 0. The van der Waals surface area contributed by atoms with E-state index in [1.54, 1.807) is 0 Å². The molecule has 2 aliphatic heterocycles. The highest BCUT2D eigenvalue weighted by atomic mass is 16.5. The number of hydrogen-bond acceptors (Lipinski definition) is 5. The van der Waals surface area contributed by atoms with E-state index >= 15 is 0 Å². The van der Waals surface area contributed by atoms with Crippen molar-refractivity contribution < 1.29 is 24.5 Å². The maximum Gasteiger partial charge on any atom is 0.256 e. The van der Waals surface area contributed by atoms with Crippen LogP contribution in [0, 0.1) is 0 Å². The van der Waals surface area contributed by atoms with Crippen LogP contribution in [0.4, 0.5) is 0 Å². The van der Waals surface area contributed by atoms with E-state index in [0.29, 0.717) is 0 Å². The molecule has 6 nitrogen and oxygen atoms in total. The summed E-state index contributed by atoms with van der Waals surface area (Å²) in [4.78, 5) is 22.1. The van der Waals surface area contributed by atoms with Crippen molar-refractivity contribution in [3.8, 4) is 0 Å². The lowest BCUT2D eigenvalue weighted by molar-refractivity contribution is -0.124. The largest absolute Gasteiger partial charge is 0.394 e. The molecule has 0 aromatic rings. The number of imide groups is 1. The first-order chi connectivity index (χ1) is 7.11. The van der Waals surface area contributed by atoms with Crippen molar-refractivity contribution in [2.45, 2.75) is 24.7 Å². The van der Waals surface area contributed by atoms with Crippen LogP contribution in [0.1, 0.15) is 6.42 Å². The van der Waals surface area contributed by atoms with Gasteiger partial charge in [0.25, 0.3) is 11.8 Å². The van der Waals surface area contributed by atoms with E-state index < -0.39 is 30.1 Å². The molecule has 3 atom stereocenters. The molecular weight excluding hydrogens is 202 g/mol. The minimum atomic E-state index is -0.801. The summed E-state index contributed by atoms with van der Waals surface area (Å²) in [5, 5.41) is 20.4. The van der Waals surface area contributed by atoms with E-state index in [0.717, 1.165) is 0 Å². The molecule has 0 aromatic heterocycles. The predicted octanol–water partition coefficient (Wildman–Crippen LogP) is -1.92. The molecule has 0 spiro atoms. The molecule has 2 heterocycles. The Bertz CT molecular complexity index is 337. The number of aliphatic hydroxyl groups excluding tert-OH is 2. The molecule has 1 saturated heterocycles. The van der Waals surface area contributed by atoms with Gasteiger partial charge in [0.1, 0.15) is 6.10 Å². The molecule has 3 N–H and O–H groups in total. The number of carbonyl (C=O) groups excluding carboxylic acids is 2. The van der Waals surface area contributed by atoms with Gasteiger partial charge in [0.2, 0.25) is 0 Å². The quantitative estimate of drug-likeness (QED) is 0.465. The summed E-state index contributed by atoms with van der Waals surface area (Å²) in [6.45, 7) is -0.305.